The first-order valence-electron chi connectivity index (χ1n) is 7.88. The van der Waals surface area contributed by atoms with Gasteiger partial charge in [0.2, 0.25) is 0 Å². The fourth-order valence-corrected chi connectivity index (χ4v) is 2.87. The highest BCUT2D eigenvalue weighted by Gasteiger charge is 2.17. The minimum atomic E-state index is -0.115. The number of hydrogen-bond acceptors (Lipinski definition) is 4. The molecule has 5 nitrogen and oxygen atoms in total. The maximum absolute atomic E-state index is 11.3. The molecule has 1 saturated heterocycles. The molecule has 2 heterocycles. The van der Waals surface area contributed by atoms with Crippen LogP contribution in [0.15, 0.2) is 36.4 Å². The Hall–Kier alpha value is -2.69. The summed E-state index contributed by atoms with van der Waals surface area (Å²) in [5.41, 5.74) is 5.24. The van der Waals surface area contributed by atoms with Crippen molar-refractivity contribution in [2.75, 3.05) is 35.2 Å². The van der Waals surface area contributed by atoms with Gasteiger partial charge in [0.15, 0.2) is 6.61 Å². The summed E-state index contributed by atoms with van der Waals surface area (Å²) in [6.07, 6.45) is 1.28. The lowest BCUT2D eigenvalue weighted by molar-refractivity contribution is -0.118. The largest absolute Gasteiger partial charge is 0.482 e. The molecule has 118 valence electrons. The molecule has 2 aromatic carbocycles. The van der Waals surface area contributed by atoms with Crippen LogP contribution in [0.2, 0.25) is 0 Å². The average molecular weight is 309 g/mol. The molecule has 0 aliphatic carbocycles. The van der Waals surface area contributed by atoms with E-state index >= 15 is 0 Å². The molecule has 1 fully saturated rings. The van der Waals surface area contributed by atoms with Crippen molar-refractivity contribution in [2.45, 2.75) is 13.3 Å². The van der Waals surface area contributed by atoms with Crippen molar-refractivity contribution in [3.8, 4) is 5.75 Å². The quantitative estimate of drug-likeness (QED) is 0.913. The first kappa shape index (κ1) is 13.9. The summed E-state index contributed by atoms with van der Waals surface area (Å²) < 4.78 is 5.46. The van der Waals surface area contributed by atoms with E-state index in [0.29, 0.717) is 5.75 Å². The number of carbonyl (C=O) groups is 1. The molecule has 1 amide bonds. The number of benzene rings is 2. The molecular weight excluding hydrogens is 290 g/mol. The maximum Gasteiger partial charge on any atom is 0.262 e. The van der Waals surface area contributed by atoms with Crippen molar-refractivity contribution < 1.29 is 9.53 Å². The van der Waals surface area contributed by atoms with E-state index in [4.69, 9.17) is 4.74 Å². The molecule has 5 heteroatoms. The van der Waals surface area contributed by atoms with Crippen LogP contribution in [0.25, 0.3) is 0 Å². The standard InChI is InChI=1S/C18H19N3O2/c1-12-9-14(21-7-2-8-21)4-6-15(12)19-13-3-5-16-17(10-13)23-11-18(22)20-16/h3-6,9-10,19H,2,7-8,11H2,1H3,(H,20,22). The van der Waals surface area contributed by atoms with Gasteiger partial charge in [0.25, 0.3) is 5.91 Å². The Kier molecular flexibility index (Phi) is 3.33. The van der Waals surface area contributed by atoms with Crippen LogP contribution in [-0.2, 0) is 4.79 Å². The van der Waals surface area contributed by atoms with E-state index in [-0.39, 0.29) is 12.5 Å². The van der Waals surface area contributed by atoms with Crippen molar-refractivity contribution in [2.24, 2.45) is 0 Å². The number of hydrogen-bond donors (Lipinski definition) is 2. The lowest BCUT2D eigenvalue weighted by atomic mass is 10.1. The molecule has 0 radical (unpaired) electrons. The summed E-state index contributed by atoms with van der Waals surface area (Å²) in [6.45, 7) is 4.49. The minimum Gasteiger partial charge on any atom is -0.482 e. The molecule has 0 atom stereocenters. The van der Waals surface area contributed by atoms with Crippen LogP contribution in [0.5, 0.6) is 5.75 Å². The number of amides is 1. The molecule has 2 aliphatic rings. The normalized spacial score (nSPS) is 16.0. The number of aryl methyl sites for hydroxylation is 1. The van der Waals surface area contributed by atoms with Gasteiger partial charge in [-0.1, -0.05) is 0 Å². The Balaban J connectivity index is 1.55. The molecular formula is C18H19N3O2. The summed E-state index contributed by atoms with van der Waals surface area (Å²) in [5, 5.41) is 6.22. The van der Waals surface area contributed by atoms with Crippen molar-refractivity contribution in [1.29, 1.82) is 0 Å². The van der Waals surface area contributed by atoms with E-state index in [9.17, 15) is 4.79 Å². The van der Waals surface area contributed by atoms with Crippen molar-refractivity contribution in [3.63, 3.8) is 0 Å². The van der Waals surface area contributed by atoms with E-state index in [1.165, 1.54) is 17.7 Å². The molecule has 23 heavy (non-hydrogen) atoms. The van der Waals surface area contributed by atoms with Gasteiger partial charge in [0.05, 0.1) is 5.69 Å². The summed E-state index contributed by atoms with van der Waals surface area (Å²) in [6, 6.07) is 12.2. The van der Waals surface area contributed by atoms with Gasteiger partial charge in [-0.15, -0.1) is 0 Å². The highest BCUT2D eigenvalue weighted by Crippen LogP contribution is 2.33. The molecule has 0 bridgehead atoms. The zero-order valence-corrected chi connectivity index (χ0v) is 13.1. The summed E-state index contributed by atoms with van der Waals surface area (Å²) in [7, 11) is 0. The Morgan fingerprint density at radius 1 is 1.17 bits per heavy atom. The lowest BCUT2D eigenvalue weighted by Gasteiger charge is -2.33. The van der Waals surface area contributed by atoms with Gasteiger partial charge in [0.1, 0.15) is 5.75 Å². The van der Waals surface area contributed by atoms with Gasteiger partial charge >= 0.3 is 0 Å². The molecule has 0 saturated carbocycles. The van der Waals surface area contributed by atoms with Crippen LogP contribution in [-0.4, -0.2) is 25.6 Å². The molecule has 2 aromatic rings. The summed E-state index contributed by atoms with van der Waals surface area (Å²) >= 11 is 0. The lowest BCUT2D eigenvalue weighted by Crippen LogP contribution is -2.36. The molecule has 0 unspecified atom stereocenters. The number of nitrogens with zero attached hydrogens (tertiary/aromatic N) is 1. The number of nitrogens with one attached hydrogen (secondary N) is 2. The molecule has 2 aliphatic heterocycles. The van der Waals surface area contributed by atoms with Gasteiger partial charge in [-0.2, -0.15) is 0 Å². The highest BCUT2D eigenvalue weighted by molar-refractivity contribution is 5.95. The Morgan fingerprint density at radius 2 is 2.04 bits per heavy atom. The fraction of sp³-hybridized carbons (Fsp3) is 0.278. The Bertz CT molecular complexity index is 769. The third-order valence-electron chi connectivity index (χ3n) is 4.32. The van der Waals surface area contributed by atoms with Crippen molar-refractivity contribution in [1.82, 2.24) is 0 Å². The first-order valence-corrected chi connectivity index (χ1v) is 7.88. The zero-order valence-electron chi connectivity index (χ0n) is 13.1. The second-order valence-electron chi connectivity index (χ2n) is 6.01. The second kappa shape index (κ2) is 5.50. The van der Waals surface area contributed by atoms with Gasteiger partial charge in [-0.3, -0.25) is 4.79 Å². The zero-order chi connectivity index (χ0) is 15.8. The molecule has 2 N–H and O–H groups in total. The summed E-state index contributed by atoms with van der Waals surface area (Å²) in [4.78, 5) is 13.7. The number of rotatable bonds is 3. The first-order chi connectivity index (χ1) is 11.2. The predicted octanol–water partition coefficient (Wildman–Crippen LogP) is 3.28. The van der Waals surface area contributed by atoms with E-state index in [1.807, 2.05) is 18.2 Å². The molecule has 4 rings (SSSR count). The smallest absolute Gasteiger partial charge is 0.262 e. The average Bonchev–Trinajstić information content (AvgIpc) is 2.48. The van der Waals surface area contributed by atoms with Crippen LogP contribution < -0.4 is 20.3 Å². The van der Waals surface area contributed by atoms with Crippen LogP contribution in [0.4, 0.5) is 22.7 Å². The maximum atomic E-state index is 11.3. The van der Waals surface area contributed by atoms with Gasteiger partial charge in [0, 0.05) is 36.2 Å². The van der Waals surface area contributed by atoms with Crippen LogP contribution in [0.3, 0.4) is 0 Å². The number of anilines is 4. The monoisotopic (exact) mass is 309 g/mol. The minimum absolute atomic E-state index is 0.0695. The third-order valence-corrected chi connectivity index (χ3v) is 4.32. The Morgan fingerprint density at radius 3 is 2.78 bits per heavy atom. The fourth-order valence-electron chi connectivity index (χ4n) is 2.87. The van der Waals surface area contributed by atoms with E-state index < -0.39 is 0 Å². The third kappa shape index (κ3) is 2.70. The van der Waals surface area contributed by atoms with Gasteiger partial charge in [-0.05, 0) is 49.2 Å². The molecule has 0 aromatic heterocycles. The Labute approximate surface area is 135 Å². The SMILES string of the molecule is Cc1cc(N2CCC2)ccc1Nc1ccc2c(c1)OCC(=O)N2. The van der Waals surface area contributed by atoms with Crippen molar-refractivity contribution in [3.05, 3.63) is 42.0 Å². The molecule has 0 spiro atoms. The number of fused-ring (bicyclic) bond motifs is 1. The van der Waals surface area contributed by atoms with Crippen molar-refractivity contribution >= 4 is 28.7 Å². The van der Waals surface area contributed by atoms with E-state index in [1.54, 1.807) is 0 Å². The van der Waals surface area contributed by atoms with Gasteiger partial charge < -0.3 is 20.3 Å². The van der Waals surface area contributed by atoms with Gasteiger partial charge in [-0.25, -0.2) is 0 Å². The topological polar surface area (TPSA) is 53.6 Å². The predicted molar refractivity (Wildman–Crippen MR) is 91.9 cm³/mol. The highest BCUT2D eigenvalue weighted by atomic mass is 16.5. The number of ether oxygens (including phenoxy) is 1. The van der Waals surface area contributed by atoms with E-state index in [0.717, 1.165) is 30.2 Å². The van der Waals surface area contributed by atoms with Crippen LogP contribution in [0, 0.1) is 6.92 Å². The van der Waals surface area contributed by atoms with Crippen LogP contribution >= 0.6 is 0 Å². The summed E-state index contributed by atoms with van der Waals surface area (Å²) in [5.74, 6) is 0.583. The van der Waals surface area contributed by atoms with Crippen LogP contribution in [0.1, 0.15) is 12.0 Å². The van der Waals surface area contributed by atoms with E-state index in [2.05, 4.69) is 40.7 Å². The number of carbonyl (C=O) groups excluding carboxylic acids is 1. The second-order valence-corrected chi connectivity index (χ2v) is 6.01.